The monoisotopic (exact) mass is 273 g/mol. The number of nitrogens with zero attached hydrogens (tertiary/aromatic N) is 2. The van der Waals surface area contributed by atoms with Crippen LogP contribution in [-0.4, -0.2) is 16.2 Å². The Morgan fingerprint density at radius 3 is 2.80 bits per heavy atom. The lowest BCUT2D eigenvalue weighted by molar-refractivity contribution is 0.333. The summed E-state index contributed by atoms with van der Waals surface area (Å²) >= 11 is 0. The highest BCUT2D eigenvalue weighted by Crippen LogP contribution is 2.17. The molecule has 1 N–H and O–H groups in total. The average Bonchev–Trinajstić information content (AvgIpc) is 2.92. The van der Waals surface area contributed by atoms with Crippen LogP contribution in [0.15, 0.2) is 28.8 Å². The molecule has 1 aromatic carbocycles. The second-order valence-corrected chi connectivity index (χ2v) is 5.44. The molecule has 4 nitrogen and oxygen atoms in total. The summed E-state index contributed by atoms with van der Waals surface area (Å²) in [7, 11) is 0. The highest BCUT2D eigenvalue weighted by molar-refractivity contribution is 5.55. The minimum atomic E-state index is 0.439. The molecule has 0 radical (unpaired) electrons. The number of hydrogen-bond acceptors (Lipinski definition) is 4. The van der Waals surface area contributed by atoms with Gasteiger partial charge < -0.3 is 9.84 Å². The molecule has 108 valence electrons. The zero-order valence-corrected chi connectivity index (χ0v) is 12.7. The van der Waals surface area contributed by atoms with Gasteiger partial charge in [-0.25, -0.2) is 0 Å². The molecule has 2 atom stereocenters. The fourth-order valence-electron chi connectivity index (χ4n) is 2.03. The highest BCUT2D eigenvalue weighted by Gasteiger charge is 2.12. The van der Waals surface area contributed by atoms with Crippen LogP contribution in [0.2, 0.25) is 0 Å². The van der Waals surface area contributed by atoms with Crippen molar-refractivity contribution in [3.8, 4) is 11.4 Å². The number of aryl methyl sites for hydroxylation is 1. The van der Waals surface area contributed by atoms with E-state index in [1.54, 1.807) is 0 Å². The topological polar surface area (TPSA) is 51.0 Å². The minimum Gasteiger partial charge on any atom is -0.338 e. The van der Waals surface area contributed by atoms with Crippen LogP contribution in [0.3, 0.4) is 0 Å². The minimum absolute atomic E-state index is 0.439. The van der Waals surface area contributed by atoms with Gasteiger partial charge in [0.05, 0.1) is 6.54 Å². The van der Waals surface area contributed by atoms with Crippen molar-refractivity contribution in [2.45, 2.75) is 46.7 Å². The molecular weight excluding hydrogens is 250 g/mol. The number of benzene rings is 1. The van der Waals surface area contributed by atoms with E-state index >= 15 is 0 Å². The van der Waals surface area contributed by atoms with E-state index in [9.17, 15) is 0 Å². The lowest BCUT2D eigenvalue weighted by atomic mass is 10.0. The third-order valence-electron chi connectivity index (χ3n) is 3.82. The Morgan fingerprint density at radius 1 is 1.30 bits per heavy atom. The first-order chi connectivity index (χ1) is 9.60. The lowest BCUT2D eigenvalue weighted by Gasteiger charge is -2.18. The molecule has 1 aromatic heterocycles. The van der Waals surface area contributed by atoms with Gasteiger partial charge in [0.1, 0.15) is 0 Å². The molecule has 0 saturated carbocycles. The van der Waals surface area contributed by atoms with Gasteiger partial charge in [0.15, 0.2) is 0 Å². The third kappa shape index (κ3) is 3.67. The van der Waals surface area contributed by atoms with Crippen molar-refractivity contribution >= 4 is 0 Å². The maximum Gasteiger partial charge on any atom is 0.240 e. The van der Waals surface area contributed by atoms with Gasteiger partial charge in [-0.15, -0.1) is 0 Å². The van der Waals surface area contributed by atoms with Crippen LogP contribution in [0.4, 0.5) is 0 Å². The molecule has 20 heavy (non-hydrogen) atoms. The van der Waals surface area contributed by atoms with E-state index in [0.717, 1.165) is 12.0 Å². The van der Waals surface area contributed by atoms with Gasteiger partial charge in [-0.05, 0) is 25.8 Å². The van der Waals surface area contributed by atoms with E-state index in [1.165, 1.54) is 5.56 Å². The van der Waals surface area contributed by atoms with Gasteiger partial charge in [-0.1, -0.05) is 49.2 Å². The Morgan fingerprint density at radius 2 is 2.10 bits per heavy atom. The molecule has 0 aliphatic rings. The number of rotatable bonds is 6. The SMILES string of the molecule is CC[C@H](C)[C@@H](C)NCc1nc(-c2cccc(C)c2)no1. The van der Waals surface area contributed by atoms with Gasteiger partial charge in [0.25, 0.3) is 0 Å². The van der Waals surface area contributed by atoms with Crippen LogP contribution < -0.4 is 5.32 Å². The van der Waals surface area contributed by atoms with E-state index in [-0.39, 0.29) is 0 Å². The predicted octanol–water partition coefficient (Wildman–Crippen LogP) is 3.57. The van der Waals surface area contributed by atoms with Crippen molar-refractivity contribution in [3.05, 3.63) is 35.7 Å². The molecule has 0 amide bonds. The van der Waals surface area contributed by atoms with Crippen molar-refractivity contribution in [1.29, 1.82) is 0 Å². The van der Waals surface area contributed by atoms with E-state index in [1.807, 2.05) is 12.1 Å². The summed E-state index contributed by atoms with van der Waals surface area (Å²) in [4.78, 5) is 4.44. The smallest absolute Gasteiger partial charge is 0.240 e. The molecule has 0 saturated heterocycles. The number of hydrogen-bond donors (Lipinski definition) is 1. The average molecular weight is 273 g/mol. The zero-order chi connectivity index (χ0) is 14.5. The van der Waals surface area contributed by atoms with E-state index in [4.69, 9.17) is 4.52 Å². The lowest BCUT2D eigenvalue weighted by Crippen LogP contribution is -2.31. The van der Waals surface area contributed by atoms with E-state index < -0.39 is 0 Å². The van der Waals surface area contributed by atoms with Crippen LogP contribution in [0.1, 0.15) is 38.6 Å². The van der Waals surface area contributed by atoms with Gasteiger partial charge in [-0.2, -0.15) is 4.98 Å². The summed E-state index contributed by atoms with van der Waals surface area (Å²) in [5.41, 5.74) is 2.19. The fourth-order valence-corrected chi connectivity index (χ4v) is 2.03. The fraction of sp³-hybridized carbons (Fsp3) is 0.500. The Labute approximate surface area is 120 Å². The van der Waals surface area contributed by atoms with Crippen molar-refractivity contribution in [2.75, 3.05) is 0 Å². The van der Waals surface area contributed by atoms with Gasteiger partial charge in [0, 0.05) is 11.6 Å². The summed E-state index contributed by atoms with van der Waals surface area (Å²) in [6, 6.07) is 8.55. The molecule has 0 aliphatic heterocycles. The van der Waals surface area contributed by atoms with Crippen LogP contribution >= 0.6 is 0 Å². The Hall–Kier alpha value is -1.68. The quantitative estimate of drug-likeness (QED) is 0.874. The summed E-state index contributed by atoms with van der Waals surface area (Å²) in [6.07, 6.45) is 1.16. The maximum atomic E-state index is 5.30. The number of aromatic nitrogens is 2. The van der Waals surface area contributed by atoms with Crippen molar-refractivity contribution in [2.24, 2.45) is 5.92 Å². The van der Waals surface area contributed by atoms with Crippen molar-refractivity contribution < 1.29 is 4.52 Å². The Balaban J connectivity index is 1.99. The first-order valence-electron chi connectivity index (χ1n) is 7.23. The van der Waals surface area contributed by atoms with Crippen molar-refractivity contribution in [1.82, 2.24) is 15.5 Å². The maximum absolute atomic E-state index is 5.30. The standard InChI is InChI=1S/C16H23N3O/c1-5-12(3)13(4)17-10-15-18-16(19-20-15)14-8-6-7-11(2)9-14/h6-9,12-13,17H,5,10H2,1-4H3/t12-,13+/m0/s1. The molecule has 0 aliphatic carbocycles. The van der Waals surface area contributed by atoms with Crippen LogP contribution in [0.25, 0.3) is 11.4 Å². The summed E-state index contributed by atoms with van der Waals surface area (Å²) in [5.74, 6) is 1.92. The summed E-state index contributed by atoms with van der Waals surface area (Å²) in [6.45, 7) is 9.30. The van der Waals surface area contributed by atoms with Gasteiger partial charge in [-0.3, -0.25) is 0 Å². The van der Waals surface area contributed by atoms with Gasteiger partial charge in [0.2, 0.25) is 11.7 Å². The molecule has 2 rings (SSSR count). The number of nitrogens with one attached hydrogen (secondary N) is 1. The van der Waals surface area contributed by atoms with Crippen LogP contribution in [0, 0.1) is 12.8 Å². The largest absolute Gasteiger partial charge is 0.338 e. The normalized spacial score (nSPS) is 14.2. The summed E-state index contributed by atoms with van der Waals surface area (Å²) in [5, 5.41) is 7.47. The molecule has 0 unspecified atom stereocenters. The second-order valence-electron chi connectivity index (χ2n) is 5.44. The zero-order valence-electron chi connectivity index (χ0n) is 12.7. The van der Waals surface area contributed by atoms with E-state index in [0.29, 0.717) is 30.2 Å². The van der Waals surface area contributed by atoms with Crippen LogP contribution in [0.5, 0.6) is 0 Å². The highest BCUT2D eigenvalue weighted by atomic mass is 16.5. The van der Waals surface area contributed by atoms with Crippen molar-refractivity contribution in [3.63, 3.8) is 0 Å². The molecule has 4 heteroatoms. The molecule has 1 heterocycles. The molecule has 0 bridgehead atoms. The molecule has 0 spiro atoms. The molecule has 2 aromatic rings. The van der Waals surface area contributed by atoms with Gasteiger partial charge >= 0.3 is 0 Å². The predicted molar refractivity (Wildman–Crippen MR) is 80.2 cm³/mol. The first kappa shape index (κ1) is 14.7. The Kier molecular flexibility index (Phi) is 4.90. The third-order valence-corrected chi connectivity index (χ3v) is 3.82. The first-order valence-corrected chi connectivity index (χ1v) is 7.23. The second kappa shape index (κ2) is 6.66. The van der Waals surface area contributed by atoms with E-state index in [2.05, 4.69) is 55.3 Å². The van der Waals surface area contributed by atoms with Crippen LogP contribution in [-0.2, 0) is 6.54 Å². The molecule has 0 fully saturated rings. The molecular formula is C16H23N3O. The Bertz CT molecular complexity index is 550. The summed E-state index contributed by atoms with van der Waals surface area (Å²) < 4.78 is 5.30.